The topological polar surface area (TPSA) is 161 Å². The van der Waals surface area contributed by atoms with Gasteiger partial charge in [0.05, 0.1) is 5.75 Å². The van der Waals surface area contributed by atoms with Crippen LogP contribution in [0.3, 0.4) is 0 Å². The Morgan fingerprint density at radius 3 is 2.39 bits per heavy atom. The highest BCUT2D eigenvalue weighted by atomic mass is 32.2. The van der Waals surface area contributed by atoms with Gasteiger partial charge in [-0.05, 0) is 36.1 Å². The Balaban J connectivity index is 1.26. The minimum absolute atomic E-state index is 0.0233. The van der Waals surface area contributed by atoms with Crippen LogP contribution >= 0.6 is 11.3 Å². The summed E-state index contributed by atoms with van der Waals surface area (Å²) in [6.45, 7) is -0.662. The van der Waals surface area contributed by atoms with E-state index in [1.807, 2.05) is 36.4 Å². The number of nitrogens with one attached hydrogen (secondary N) is 2. The zero-order valence-electron chi connectivity index (χ0n) is 24.9. The van der Waals surface area contributed by atoms with Gasteiger partial charge in [-0.3, -0.25) is 4.79 Å². The van der Waals surface area contributed by atoms with E-state index in [1.54, 1.807) is 30.3 Å². The molecule has 2 fully saturated rings. The normalized spacial score (nSPS) is 19.7. The molecule has 2 amide bonds. The summed E-state index contributed by atoms with van der Waals surface area (Å²) in [4.78, 5) is 31.7. The van der Waals surface area contributed by atoms with Crippen molar-refractivity contribution in [1.82, 2.24) is 19.4 Å². The number of alkyl carbamates (subject to hydrolysis) is 1. The summed E-state index contributed by atoms with van der Waals surface area (Å²) in [6.07, 6.45) is 0.781. The lowest BCUT2D eigenvalue weighted by atomic mass is 10.2. The average Bonchev–Trinajstić information content (AvgIpc) is 3.59. The van der Waals surface area contributed by atoms with Crippen molar-refractivity contribution < 1.29 is 40.7 Å². The lowest BCUT2D eigenvalue weighted by Crippen LogP contribution is -2.61. The molecule has 2 saturated heterocycles. The fraction of sp³-hybridized carbons (Fsp3) is 0.400. The molecule has 1 aromatic heterocycles. The highest BCUT2D eigenvalue weighted by molar-refractivity contribution is 7.91. The quantitative estimate of drug-likeness (QED) is 0.272. The van der Waals surface area contributed by atoms with Crippen molar-refractivity contribution in [3.8, 4) is 10.4 Å². The summed E-state index contributed by atoms with van der Waals surface area (Å²) < 4.78 is 67.1. The first-order valence-corrected chi connectivity index (χ1v) is 18.7. The fourth-order valence-corrected chi connectivity index (χ4v) is 9.37. The summed E-state index contributed by atoms with van der Waals surface area (Å²) in [5, 5.41) is 2.42. The van der Waals surface area contributed by atoms with Crippen molar-refractivity contribution in [2.24, 2.45) is 0 Å². The van der Waals surface area contributed by atoms with Crippen molar-refractivity contribution in [3.05, 3.63) is 78.4 Å². The Morgan fingerprint density at radius 1 is 0.935 bits per heavy atom. The average molecular weight is 693 g/mol. The first-order valence-electron chi connectivity index (χ1n) is 14.8. The fourth-order valence-electron chi connectivity index (χ4n) is 5.01. The molecular formula is C30H36N4O9S3. The Kier molecular flexibility index (Phi) is 11.4. The molecule has 2 aliphatic heterocycles. The van der Waals surface area contributed by atoms with Crippen LogP contribution in [-0.2, 0) is 45.8 Å². The molecule has 0 bridgehead atoms. The van der Waals surface area contributed by atoms with Crippen molar-refractivity contribution in [2.45, 2.75) is 42.4 Å². The molecule has 5 rings (SSSR count). The van der Waals surface area contributed by atoms with Crippen LogP contribution in [0.25, 0.3) is 10.4 Å². The van der Waals surface area contributed by atoms with Crippen molar-refractivity contribution in [2.75, 3.05) is 38.5 Å². The predicted molar refractivity (Wildman–Crippen MR) is 170 cm³/mol. The van der Waals surface area contributed by atoms with Crippen LogP contribution in [0.5, 0.6) is 0 Å². The Labute approximate surface area is 272 Å². The van der Waals surface area contributed by atoms with Gasteiger partial charge in [-0.2, -0.15) is 8.61 Å². The molecular weight excluding hydrogens is 657 g/mol. The van der Waals surface area contributed by atoms with Gasteiger partial charge in [0.1, 0.15) is 16.9 Å². The highest BCUT2D eigenvalue weighted by Crippen LogP contribution is 2.33. The van der Waals surface area contributed by atoms with Gasteiger partial charge in [-0.15, -0.1) is 11.3 Å². The Bertz CT molecular complexity index is 1680. The molecule has 3 aromatic rings. The van der Waals surface area contributed by atoms with Crippen LogP contribution in [0.1, 0.15) is 24.8 Å². The van der Waals surface area contributed by atoms with E-state index in [4.69, 9.17) is 14.3 Å². The number of carbonyl (C=O) groups is 2. The van der Waals surface area contributed by atoms with Crippen LogP contribution in [-0.4, -0.2) is 88.3 Å². The maximum atomic E-state index is 13.9. The molecule has 0 radical (unpaired) electrons. The number of piperazine rings is 1. The number of thiophene rings is 1. The molecule has 3 heterocycles. The van der Waals surface area contributed by atoms with Crippen LogP contribution in [0.4, 0.5) is 4.79 Å². The molecule has 0 aliphatic carbocycles. The zero-order valence-corrected chi connectivity index (χ0v) is 27.4. The minimum Gasteiger partial charge on any atom is -0.445 e. The number of hydroxylamine groups is 1. The van der Waals surface area contributed by atoms with Crippen LogP contribution < -0.4 is 10.8 Å². The van der Waals surface area contributed by atoms with Crippen molar-refractivity contribution in [3.63, 3.8) is 0 Å². The number of hydrogen-bond donors (Lipinski definition) is 2. The molecule has 46 heavy (non-hydrogen) atoms. The third-order valence-electron chi connectivity index (χ3n) is 7.46. The smallest absolute Gasteiger partial charge is 0.407 e. The molecule has 2 unspecified atom stereocenters. The summed E-state index contributed by atoms with van der Waals surface area (Å²) in [6, 6.07) is 20.1. The number of hydrogen-bond acceptors (Lipinski definition) is 10. The van der Waals surface area contributed by atoms with Crippen molar-refractivity contribution >= 4 is 43.4 Å². The molecule has 0 spiro atoms. The van der Waals surface area contributed by atoms with Crippen LogP contribution in [0.2, 0.25) is 0 Å². The number of benzene rings is 2. The van der Waals surface area contributed by atoms with Gasteiger partial charge in [0, 0.05) is 44.1 Å². The number of rotatable bonds is 12. The third-order valence-corrected chi connectivity index (χ3v) is 12.8. The monoisotopic (exact) mass is 692 g/mol. The Hall–Kier alpha value is -3.38. The van der Waals surface area contributed by atoms with E-state index >= 15 is 0 Å². The highest BCUT2D eigenvalue weighted by Gasteiger charge is 2.44. The molecule has 0 saturated carbocycles. The lowest BCUT2D eigenvalue weighted by molar-refractivity contribution is -0.202. The van der Waals surface area contributed by atoms with E-state index in [-0.39, 0.29) is 30.5 Å². The maximum Gasteiger partial charge on any atom is 0.407 e. The number of sulfonamides is 2. The van der Waals surface area contributed by atoms with Gasteiger partial charge in [-0.1, -0.05) is 60.7 Å². The van der Waals surface area contributed by atoms with E-state index in [2.05, 4.69) is 10.8 Å². The molecule has 2 aromatic carbocycles. The number of nitrogens with zero attached hydrogens (tertiary/aromatic N) is 2. The van der Waals surface area contributed by atoms with Crippen LogP contribution in [0.15, 0.2) is 77.0 Å². The van der Waals surface area contributed by atoms with Gasteiger partial charge in [0.15, 0.2) is 6.29 Å². The molecule has 2 aliphatic rings. The van der Waals surface area contributed by atoms with E-state index in [9.17, 15) is 26.4 Å². The van der Waals surface area contributed by atoms with Gasteiger partial charge < -0.3 is 14.8 Å². The number of amides is 2. The molecule has 248 valence electrons. The first-order chi connectivity index (χ1) is 22.1. The van der Waals surface area contributed by atoms with E-state index < -0.39 is 56.7 Å². The summed E-state index contributed by atoms with van der Waals surface area (Å²) >= 11 is 1.06. The maximum absolute atomic E-state index is 13.9. The molecule has 13 nitrogen and oxygen atoms in total. The lowest BCUT2D eigenvalue weighted by Gasteiger charge is -2.38. The van der Waals surface area contributed by atoms with Crippen molar-refractivity contribution in [1.29, 1.82) is 0 Å². The first kappa shape index (κ1) is 34.0. The summed E-state index contributed by atoms with van der Waals surface area (Å²) in [7, 11) is -8.22. The predicted octanol–water partition coefficient (Wildman–Crippen LogP) is 2.92. The zero-order chi connectivity index (χ0) is 32.6. The second-order valence-corrected chi connectivity index (χ2v) is 15.9. The molecule has 2 N–H and O–H groups in total. The number of carbonyl (C=O) groups excluding carboxylic acids is 2. The standard InChI is InChI=1S/C30H36N4O9S3/c35-29(32-43-27-13-7-8-19-41-27)25-21-33(45(37,38)20-16-31-30(36)42-22-23-9-3-1-4-10-23)17-18-34(25)46(39,40)28-15-14-26(44-28)24-11-5-2-6-12-24/h1-6,9-12,14-15,25,27H,7-8,13,16-22H2,(H,31,36)(H,32,35). The van der Waals surface area contributed by atoms with Gasteiger partial charge in [-0.25, -0.2) is 31.9 Å². The Morgan fingerprint density at radius 2 is 1.67 bits per heavy atom. The summed E-state index contributed by atoms with van der Waals surface area (Å²) in [5.74, 6) is -1.30. The largest absolute Gasteiger partial charge is 0.445 e. The van der Waals surface area contributed by atoms with E-state index in [1.165, 1.54) is 6.07 Å². The van der Waals surface area contributed by atoms with E-state index in [0.29, 0.717) is 13.0 Å². The van der Waals surface area contributed by atoms with Gasteiger partial charge in [0.2, 0.25) is 10.0 Å². The van der Waals surface area contributed by atoms with Gasteiger partial charge >= 0.3 is 6.09 Å². The minimum atomic E-state index is -4.20. The molecule has 16 heteroatoms. The second kappa shape index (κ2) is 15.5. The van der Waals surface area contributed by atoms with Gasteiger partial charge in [0.25, 0.3) is 15.9 Å². The van der Waals surface area contributed by atoms with E-state index in [0.717, 1.165) is 48.8 Å². The molecule has 2 atom stereocenters. The van der Waals surface area contributed by atoms with Crippen LogP contribution in [0, 0.1) is 0 Å². The SMILES string of the molecule is O=C(NCCS(=O)(=O)N1CCN(S(=O)(=O)c2ccc(-c3ccccc3)s2)C(C(=O)NOC2CCCCO2)C1)OCc1ccccc1. The summed E-state index contributed by atoms with van der Waals surface area (Å²) in [5.41, 5.74) is 3.93. The second-order valence-electron chi connectivity index (χ2n) is 10.7. The number of ether oxygens (including phenoxy) is 2. The third kappa shape index (κ3) is 8.70.